The van der Waals surface area contributed by atoms with Crippen LogP contribution in [0.2, 0.25) is 0 Å². The molecule has 3 rings (SSSR count). The fraction of sp³-hybridized carbons (Fsp3) is 0.667. The predicted molar refractivity (Wildman–Crippen MR) is 78.1 cm³/mol. The molecule has 0 radical (unpaired) electrons. The Morgan fingerprint density at radius 2 is 2.37 bits per heavy atom. The Morgan fingerprint density at radius 1 is 1.53 bits per heavy atom. The van der Waals surface area contributed by atoms with Gasteiger partial charge in [0.25, 0.3) is 0 Å². The zero-order valence-corrected chi connectivity index (χ0v) is 12.3. The van der Waals surface area contributed by atoms with Gasteiger partial charge in [-0.05, 0) is 50.7 Å². The van der Waals surface area contributed by atoms with E-state index in [0.29, 0.717) is 6.54 Å². The summed E-state index contributed by atoms with van der Waals surface area (Å²) in [7, 11) is 0. The molecule has 3 N–H and O–H groups in total. The highest BCUT2D eigenvalue weighted by Gasteiger charge is 2.42. The molecule has 1 amide bonds. The van der Waals surface area contributed by atoms with Crippen LogP contribution in [0.25, 0.3) is 0 Å². The van der Waals surface area contributed by atoms with Crippen molar-refractivity contribution in [2.45, 2.75) is 58.0 Å². The van der Waals surface area contributed by atoms with Crippen LogP contribution in [-0.4, -0.2) is 11.9 Å². The number of fused-ring (bicyclic) bond motifs is 1. The maximum Gasteiger partial charge on any atom is 0.227 e. The van der Waals surface area contributed by atoms with Crippen LogP contribution in [0, 0.1) is 5.41 Å². The van der Waals surface area contributed by atoms with Crippen molar-refractivity contribution in [2.75, 3.05) is 0 Å². The number of nitrogens with two attached hydrogens (primary N) is 1. The summed E-state index contributed by atoms with van der Waals surface area (Å²) in [5.74, 6) is 0.131. The summed E-state index contributed by atoms with van der Waals surface area (Å²) in [6.07, 6.45) is 6.68. The summed E-state index contributed by atoms with van der Waals surface area (Å²) < 4.78 is 0. The number of amides is 1. The first kappa shape index (κ1) is 13.1. The van der Waals surface area contributed by atoms with Crippen molar-refractivity contribution >= 4 is 17.2 Å². The first-order valence-corrected chi connectivity index (χ1v) is 8.05. The minimum absolute atomic E-state index is 0.0147. The number of carbonyl (C=O) groups is 1. The minimum atomic E-state index is -0.361. The quantitative estimate of drug-likeness (QED) is 0.892. The molecule has 0 bridgehead atoms. The smallest absolute Gasteiger partial charge is 0.227 e. The van der Waals surface area contributed by atoms with Gasteiger partial charge in [0.2, 0.25) is 5.91 Å². The second-order valence-electron chi connectivity index (χ2n) is 6.11. The monoisotopic (exact) mass is 278 g/mol. The van der Waals surface area contributed by atoms with E-state index in [-0.39, 0.29) is 17.4 Å². The second kappa shape index (κ2) is 4.91. The van der Waals surface area contributed by atoms with Gasteiger partial charge in [0, 0.05) is 15.8 Å². The molecule has 2 aliphatic rings. The van der Waals surface area contributed by atoms with E-state index >= 15 is 0 Å². The molecule has 0 saturated heterocycles. The maximum absolute atomic E-state index is 12.3. The van der Waals surface area contributed by atoms with Crippen molar-refractivity contribution in [3.8, 4) is 0 Å². The van der Waals surface area contributed by atoms with E-state index in [0.717, 1.165) is 19.3 Å². The maximum atomic E-state index is 12.3. The number of carbonyl (C=O) groups excluding carboxylic acids is 1. The van der Waals surface area contributed by atoms with Gasteiger partial charge in [-0.3, -0.25) is 4.79 Å². The third-order valence-electron chi connectivity index (χ3n) is 4.77. The number of rotatable bonds is 3. The number of thiophene rings is 1. The SMILES string of the molecule is CC1(C(=O)NCc2cc3c(s2)CCC3)CCCC1N. The molecule has 2 atom stereocenters. The number of hydrogen-bond acceptors (Lipinski definition) is 3. The zero-order valence-electron chi connectivity index (χ0n) is 11.5. The molecule has 2 aliphatic carbocycles. The van der Waals surface area contributed by atoms with E-state index in [1.165, 1.54) is 34.6 Å². The molecule has 1 saturated carbocycles. The predicted octanol–water partition coefficient (Wildman–Crippen LogP) is 2.37. The Bertz CT molecular complexity index is 475. The van der Waals surface area contributed by atoms with Gasteiger partial charge >= 0.3 is 0 Å². The number of aryl methyl sites for hydroxylation is 2. The molecule has 0 spiro atoms. The molecule has 3 nitrogen and oxygen atoms in total. The molecule has 4 heteroatoms. The zero-order chi connectivity index (χ0) is 13.5. The lowest BCUT2D eigenvalue weighted by molar-refractivity contribution is -0.130. The molecule has 0 aliphatic heterocycles. The van der Waals surface area contributed by atoms with Crippen LogP contribution in [0.15, 0.2) is 6.07 Å². The van der Waals surface area contributed by atoms with E-state index in [2.05, 4.69) is 11.4 Å². The molecule has 104 valence electrons. The van der Waals surface area contributed by atoms with Crippen LogP contribution < -0.4 is 11.1 Å². The summed E-state index contributed by atoms with van der Waals surface area (Å²) in [6, 6.07) is 2.28. The molecule has 19 heavy (non-hydrogen) atoms. The van der Waals surface area contributed by atoms with Crippen LogP contribution >= 0.6 is 11.3 Å². The van der Waals surface area contributed by atoms with Crippen molar-refractivity contribution in [2.24, 2.45) is 11.1 Å². The first-order valence-electron chi connectivity index (χ1n) is 7.24. The second-order valence-corrected chi connectivity index (χ2v) is 7.33. The van der Waals surface area contributed by atoms with Gasteiger partial charge in [-0.25, -0.2) is 0 Å². The van der Waals surface area contributed by atoms with Gasteiger partial charge in [-0.2, -0.15) is 0 Å². The Hall–Kier alpha value is -0.870. The third kappa shape index (κ3) is 2.32. The summed E-state index contributed by atoms with van der Waals surface area (Å²) in [4.78, 5) is 15.1. The average Bonchev–Trinajstić information content (AvgIpc) is 3.03. The molecule has 1 aromatic rings. The first-order chi connectivity index (χ1) is 9.09. The van der Waals surface area contributed by atoms with Gasteiger partial charge in [0.15, 0.2) is 0 Å². The largest absolute Gasteiger partial charge is 0.351 e. The van der Waals surface area contributed by atoms with Crippen LogP contribution in [0.5, 0.6) is 0 Å². The fourth-order valence-corrected chi connectivity index (χ4v) is 4.52. The van der Waals surface area contributed by atoms with E-state index in [1.807, 2.05) is 18.3 Å². The summed E-state index contributed by atoms with van der Waals surface area (Å²) >= 11 is 1.86. The fourth-order valence-electron chi connectivity index (χ4n) is 3.32. The average molecular weight is 278 g/mol. The molecule has 1 aromatic heterocycles. The highest BCUT2D eigenvalue weighted by molar-refractivity contribution is 7.12. The molecular formula is C15H22N2OS. The van der Waals surface area contributed by atoms with Crippen molar-refractivity contribution in [3.63, 3.8) is 0 Å². The summed E-state index contributed by atoms with van der Waals surface area (Å²) in [5.41, 5.74) is 7.22. The molecule has 0 aromatic carbocycles. The summed E-state index contributed by atoms with van der Waals surface area (Å²) in [5, 5.41) is 3.09. The van der Waals surface area contributed by atoms with Crippen LogP contribution in [-0.2, 0) is 24.2 Å². The van der Waals surface area contributed by atoms with Crippen LogP contribution in [0.1, 0.15) is 47.9 Å². The minimum Gasteiger partial charge on any atom is -0.351 e. The van der Waals surface area contributed by atoms with Crippen LogP contribution in [0.4, 0.5) is 0 Å². The molecule has 1 fully saturated rings. The number of nitrogens with one attached hydrogen (secondary N) is 1. The van der Waals surface area contributed by atoms with E-state index in [1.54, 1.807) is 0 Å². The van der Waals surface area contributed by atoms with Crippen molar-refractivity contribution in [3.05, 3.63) is 21.4 Å². The van der Waals surface area contributed by atoms with Gasteiger partial charge in [-0.15, -0.1) is 11.3 Å². The normalized spacial score (nSPS) is 29.5. The summed E-state index contributed by atoms with van der Waals surface area (Å²) in [6.45, 7) is 2.67. The highest BCUT2D eigenvalue weighted by Crippen LogP contribution is 2.37. The topological polar surface area (TPSA) is 55.1 Å². The Morgan fingerprint density at radius 3 is 3.05 bits per heavy atom. The van der Waals surface area contributed by atoms with Gasteiger partial charge < -0.3 is 11.1 Å². The molecular weight excluding hydrogens is 256 g/mol. The Kier molecular flexibility index (Phi) is 3.39. The third-order valence-corrected chi connectivity index (χ3v) is 6.01. The van der Waals surface area contributed by atoms with Crippen molar-refractivity contribution in [1.82, 2.24) is 5.32 Å². The lowest BCUT2D eigenvalue weighted by Gasteiger charge is -2.27. The lowest BCUT2D eigenvalue weighted by Crippen LogP contribution is -2.47. The van der Waals surface area contributed by atoms with Crippen LogP contribution in [0.3, 0.4) is 0 Å². The van der Waals surface area contributed by atoms with Crippen molar-refractivity contribution in [1.29, 1.82) is 0 Å². The number of hydrogen-bond donors (Lipinski definition) is 2. The van der Waals surface area contributed by atoms with E-state index in [4.69, 9.17) is 5.73 Å². The van der Waals surface area contributed by atoms with E-state index in [9.17, 15) is 4.79 Å². The lowest BCUT2D eigenvalue weighted by atomic mass is 9.84. The van der Waals surface area contributed by atoms with Crippen molar-refractivity contribution < 1.29 is 4.79 Å². The Balaban J connectivity index is 1.61. The molecule has 1 heterocycles. The van der Waals surface area contributed by atoms with E-state index < -0.39 is 0 Å². The van der Waals surface area contributed by atoms with Gasteiger partial charge in [0.1, 0.15) is 0 Å². The standard InChI is InChI=1S/C15H22N2OS/c1-15(7-3-6-13(15)16)14(18)17-9-11-8-10-4-2-5-12(10)19-11/h8,13H,2-7,9,16H2,1H3,(H,17,18). The highest BCUT2D eigenvalue weighted by atomic mass is 32.1. The Labute approximate surface area is 118 Å². The molecule has 2 unspecified atom stereocenters. The van der Waals surface area contributed by atoms with Gasteiger partial charge in [0.05, 0.1) is 12.0 Å². The van der Waals surface area contributed by atoms with Gasteiger partial charge in [-0.1, -0.05) is 6.42 Å².